The molecule has 3 heterocycles. The van der Waals surface area contributed by atoms with Crippen molar-refractivity contribution >= 4 is 17.8 Å². The third-order valence-corrected chi connectivity index (χ3v) is 10.3. The van der Waals surface area contributed by atoms with E-state index >= 15 is 0 Å². The van der Waals surface area contributed by atoms with Crippen molar-refractivity contribution in [3.05, 3.63) is 59.7 Å². The van der Waals surface area contributed by atoms with Crippen LogP contribution in [0.5, 0.6) is 0 Å². The van der Waals surface area contributed by atoms with Crippen molar-refractivity contribution in [3.8, 4) is 0 Å². The molecule has 0 aromatic heterocycles. The molecular formula is C34H46F2N4O3. The van der Waals surface area contributed by atoms with Gasteiger partial charge in [0.2, 0.25) is 11.8 Å². The zero-order chi connectivity index (χ0) is 30.8. The van der Waals surface area contributed by atoms with Gasteiger partial charge in [-0.2, -0.15) is 0 Å². The molecule has 4 fully saturated rings. The van der Waals surface area contributed by atoms with Crippen molar-refractivity contribution < 1.29 is 23.2 Å². The van der Waals surface area contributed by atoms with Crippen molar-refractivity contribution in [1.29, 1.82) is 0 Å². The van der Waals surface area contributed by atoms with Crippen molar-refractivity contribution in [1.82, 2.24) is 20.0 Å². The lowest BCUT2D eigenvalue weighted by Gasteiger charge is -2.46. The predicted molar refractivity (Wildman–Crippen MR) is 162 cm³/mol. The minimum atomic E-state index is -2.67. The molecule has 1 spiro atoms. The quantitative estimate of drug-likeness (QED) is 0.263. The average Bonchev–Trinajstić information content (AvgIpc) is 3.33. The maximum atomic E-state index is 13.9. The lowest BCUT2D eigenvalue weighted by molar-refractivity contribution is -0.137. The Morgan fingerprint density at radius 2 is 1.72 bits per heavy atom. The van der Waals surface area contributed by atoms with Crippen LogP contribution in [0.15, 0.2) is 54.1 Å². The minimum Gasteiger partial charge on any atom is -0.349 e. The SMILES string of the molecule is C/C=C(\C=C/CC)[C@H](CCN1C2CCC1CC1(C2)C(=O)N(Cc2ccccc2)C(=O)N1C)NC(=O)C1CCC(F)(F)CC1. The van der Waals surface area contributed by atoms with Crippen LogP contribution in [0.4, 0.5) is 13.6 Å². The summed E-state index contributed by atoms with van der Waals surface area (Å²) in [6.45, 7) is 5.05. The molecule has 43 heavy (non-hydrogen) atoms. The molecule has 1 saturated carbocycles. The first kappa shape index (κ1) is 31.4. The number of halogens is 2. The summed E-state index contributed by atoms with van der Waals surface area (Å²) in [5, 5.41) is 3.22. The topological polar surface area (TPSA) is 73.0 Å². The van der Waals surface area contributed by atoms with Crippen LogP contribution >= 0.6 is 0 Å². The molecular weight excluding hydrogens is 550 g/mol. The molecule has 3 saturated heterocycles. The van der Waals surface area contributed by atoms with Crippen molar-refractivity contribution in [3.63, 3.8) is 0 Å². The Balaban J connectivity index is 1.26. The third kappa shape index (κ3) is 6.42. The molecule has 1 aliphatic carbocycles. The van der Waals surface area contributed by atoms with E-state index in [1.165, 1.54) is 4.90 Å². The van der Waals surface area contributed by atoms with E-state index in [-0.39, 0.29) is 74.1 Å². The first-order chi connectivity index (χ1) is 20.6. The summed E-state index contributed by atoms with van der Waals surface area (Å²) in [5.74, 6) is -3.29. The fourth-order valence-corrected chi connectivity index (χ4v) is 7.74. The largest absolute Gasteiger partial charge is 0.349 e. The first-order valence-corrected chi connectivity index (χ1v) is 16.0. The Kier molecular flexibility index (Phi) is 9.40. The van der Waals surface area contributed by atoms with E-state index in [9.17, 15) is 23.2 Å². The van der Waals surface area contributed by atoms with Gasteiger partial charge in [-0.15, -0.1) is 0 Å². The number of hydrogen-bond donors (Lipinski definition) is 1. The van der Waals surface area contributed by atoms with E-state index in [0.717, 1.165) is 36.9 Å². The Morgan fingerprint density at radius 1 is 1.07 bits per heavy atom. The monoisotopic (exact) mass is 596 g/mol. The minimum absolute atomic E-state index is 0.0930. The molecule has 3 atom stereocenters. The van der Waals surface area contributed by atoms with Crippen LogP contribution in [0.25, 0.3) is 0 Å². The van der Waals surface area contributed by atoms with Crippen LogP contribution in [0.3, 0.4) is 0 Å². The van der Waals surface area contributed by atoms with Gasteiger partial charge >= 0.3 is 6.03 Å². The predicted octanol–water partition coefficient (Wildman–Crippen LogP) is 6.06. The second-order valence-electron chi connectivity index (χ2n) is 12.9. The summed E-state index contributed by atoms with van der Waals surface area (Å²) >= 11 is 0. The average molecular weight is 597 g/mol. The van der Waals surface area contributed by atoms with E-state index in [4.69, 9.17) is 0 Å². The fourth-order valence-electron chi connectivity index (χ4n) is 7.74. The van der Waals surface area contributed by atoms with Crippen LogP contribution in [-0.2, 0) is 16.1 Å². The lowest BCUT2D eigenvalue weighted by Crippen LogP contribution is -2.59. The Bertz CT molecular complexity index is 1230. The van der Waals surface area contributed by atoms with Gasteiger partial charge in [0.25, 0.3) is 5.91 Å². The Morgan fingerprint density at radius 3 is 2.33 bits per heavy atom. The van der Waals surface area contributed by atoms with Gasteiger partial charge in [0.05, 0.1) is 12.6 Å². The van der Waals surface area contributed by atoms with Gasteiger partial charge in [0.1, 0.15) is 5.54 Å². The second-order valence-corrected chi connectivity index (χ2v) is 12.9. The Hall–Kier alpha value is -3.07. The number of fused-ring (bicyclic) bond motifs is 2. The van der Waals surface area contributed by atoms with Crippen LogP contribution in [0.1, 0.15) is 83.6 Å². The highest BCUT2D eigenvalue weighted by atomic mass is 19.3. The van der Waals surface area contributed by atoms with E-state index in [2.05, 4.69) is 29.3 Å². The summed E-state index contributed by atoms with van der Waals surface area (Å²) in [5.41, 5.74) is 1.13. The fraction of sp³-hybridized carbons (Fsp3) is 0.618. The van der Waals surface area contributed by atoms with E-state index in [0.29, 0.717) is 19.3 Å². The molecule has 0 radical (unpaired) electrons. The number of rotatable bonds is 10. The molecule has 1 N–H and O–H groups in total. The summed E-state index contributed by atoms with van der Waals surface area (Å²) in [7, 11) is 1.77. The lowest BCUT2D eigenvalue weighted by atomic mass is 9.81. The van der Waals surface area contributed by atoms with E-state index < -0.39 is 11.5 Å². The number of imide groups is 1. The molecule has 4 aliphatic rings. The van der Waals surface area contributed by atoms with Crippen molar-refractivity contribution in [2.75, 3.05) is 13.6 Å². The zero-order valence-electron chi connectivity index (χ0n) is 25.7. The zero-order valence-corrected chi connectivity index (χ0v) is 25.7. The van der Waals surface area contributed by atoms with Crippen LogP contribution in [0.2, 0.25) is 0 Å². The van der Waals surface area contributed by atoms with Gasteiger partial charge < -0.3 is 10.2 Å². The number of likely N-dealkylation sites (N-methyl/N-ethyl adjacent to an activating group) is 1. The van der Waals surface area contributed by atoms with E-state index in [1.54, 1.807) is 11.9 Å². The molecule has 9 heteroatoms. The Labute approximate surface area is 254 Å². The van der Waals surface area contributed by atoms with Crippen LogP contribution in [0, 0.1) is 5.92 Å². The number of allylic oxidation sites excluding steroid dienone is 2. The first-order valence-electron chi connectivity index (χ1n) is 16.0. The molecule has 4 amide bonds. The number of nitrogens with one attached hydrogen (secondary N) is 1. The van der Waals surface area contributed by atoms with Crippen molar-refractivity contribution in [2.24, 2.45) is 5.92 Å². The van der Waals surface area contributed by atoms with Gasteiger partial charge in [0.15, 0.2) is 0 Å². The molecule has 2 unspecified atom stereocenters. The number of benzene rings is 1. The van der Waals surface area contributed by atoms with Gasteiger partial charge in [-0.05, 0) is 69.4 Å². The second kappa shape index (κ2) is 12.9. The number of alkyl halides is 2. The summed E-state index contributed by atoms with van der Waals surface area (Å²) in [4.78, 5) is 46.0. The maximum absolute atomic E-state index is 13.9. The molecule has 1 aromatic carbocycles. The smallest absolute Gasteiger partial charge is 0.327 e. The summed E-state index contributed by atoms with van der Waals surface area (Å²) in [6, 6.07) is 9.51. The number of nitrogens with zero attached hydrogens (tertiary/aromatic N) is 3. The maximum Gasteiger partial charge on any atom is 0.327 e. The molecule has 234 valence electrons. The summed E-state index contributed by atoms with van der Waals surface area (Å²) < 4.78 is 27.5. The third-order valence-electron chi connectivity index (χ3n) is 10.3. The number of carbonyl (C=O) groups is 3. The molecule has 3 aliphatic heterocycles. The highest BCUT2D eigenvalue weighted by molar-refractivity contribution is 6.07. The van der Waals surface area contributed by atoms with Gasteiger partial charge in [-0.3, -0.25) is 19.4 Å². The summed E-state index contributed by atoms with van der Waals surface area (Å²) in [6.07, 6.45) is 10.8. The van der Waals surface area contributed by atoms with Crippen molar-refractivity contribution in [2.45, 2.75) is 114 Å². The highest BCUT2D eigenvalue weighted by Crippen LogP contribution is 2.47. The molecule has 5 rings (SSSR count). The number of carbonyl (C=O) groups excluding carboxylic acids is 3. The molecule has 7 nitrogen and oxygen atoms in total. The molecule has 1 aromatic rings. The highest BCUT2D eigenvalue weighted by Gasteiger charge is 2.61. The normalized spacial score (nSPS) is 28.8. The molecule has 2 bridgehead atoms. The number of hydrogen-bond acceptors (Lipinski definition) is 4. The van der Waals surface area contributed by atoms with Gasteiger partial charge in [0, 0.05) is 44.4 Å². The standard InChI is InChI=1S/C34H46F2N4O3/c1-4-6-12-25(5-2)29(37-30(41)26-15-18-34(35,36)19-16-26)17-20-39-27-13-14-28(39)22-33(21-27)31(42)40(32(43)38(33)3)23-24-10-8-7-9-11-24/h5-12,26-29H,4,13-23H2,1-3H3,(H,37,41)/b12-6-,25-5+/t27?,28?,29-,33?/m0/s1. The van der Waals surface area contributed by atoms with Gasteiger partial charge in [-0.1, -0.05) is 55.5 Å². The number of urea groups is 1. The van der Waals surface area contributed by atoms with E-state index in [1.807, 2.05) is 43.3 Å². The van der Waals surface area contributed by atoms with Crippen LogP contribution in [-0.4, -0.2) is 75.7 Å². The number of piperidine rings is 1. The van der Waals surface area contributed by atoms with Gasteiger partial charge in [-0.25, -0.2) is 13.6 Å². The van der Waals surface area contributed by atoms with Crippen LogP contribution < -0.4 is 5.32 Å². The number of amides is 4.